The lowest BCUT2D eigenvalue weighted by atomic mass is 9.99. The molecular weight excluding hydrogens is 288 g/mol. The molecule has 0 heterocycles. The monoisotopic (exact) mass is 326 g/mol. The van der Waals surface area contributed by atoms with Crippen molar-refractivity contribution < 1.29 is 4.12 Å². The Balaban J connectivity index is 2.09. The predicted molar refractivity (Wildman–Crippen MR) is 99.1 cm³/mol. The molecule has 0 aromatic rings. The standard InChI is InChI=1S/C18H38OSi2/c1-4-21(5-2,6-3)19-20(17-13-9-7-10-14-17)18-15-11-8-12-16-18/h17-18,20H,4-16H2,1-3H3. The Labute approximate surface area is 136 Å². The van der Waals surface area contributed by atoms with Crippen molar-refractivity contribution in [3.8, 4) is 0 Å². The van der Waals surface area contributed by atoms with Crippen LogP contribution in [0.4, 0.5) is 0 Å². The van der Waals surface area contributed by atoms with Crippen molar-refractivity contribution in [3.63, 3.8) is 0 Å². The normalized spacial score (nSPS) is 22.9. The lowest BCUT2D eigenvalue weighted by molar-refractivity contribution is 0.400. The second kappa shape index (κ2) is 8.88. The van der Waals surface area contributed by atoms with Crippen LogP contribution in [0.2, 0.25) is 29.2 Å². The van der Waals surface area contributed by atoms with E-state index >= 15 is 0 Å². The maximum Gasteiger partial charge on any atom is 0.178 e. The molecule has 0 aromatic heterocycles. The fraction of sp³-hybridized carbons (Fsp3) is 1.00. The van der Waals surface area contributed by atoms with E-state index in [4.69, 9.17) is 4.12 Å². The van der Waals surface area contributed by atoms with E-state index in [9.17, 15) is 0 Å². The van der Waals surface area contributed by atoms with Crippen molar-refractivity contribution in [2.24, 2.45) is 0 Å². The van der Waals surface area contributed by atoms with Crippen LogP contribution in [0.3, 0.4) is 0 Å². The lowest BCUT2D eigenvalue weighted by Crippen LogP contribution is -2.46. The SMILES string of the molecule is CC[Si](CC)(CC)O[SiH](C1CCCCC1)C1CCCCC1. The molecular formula is C18H38OSi2. The zero-order chi connectivity index (χ0) is 15.1. The van der Waals surface area contributed by atoms with E-state index in [1.165, 1.54) is 82.3 Å². The highest BCUT2D eigenvalue weighted by atomic mass is 28.4. The van der Waals surface area contributed by atoms with Gasteiger partial charge in [-0.15, -0.1) is 0 Å². The van der Waals surface area contributed by atoms with Crippen LogP contribution >= 0.6 is 0 Å². The van der Waals surface area contributed by atoms with Crippen molar-refractivity contribution in [2.75, 3.05) is 0 Å². The molecule has 2 rings (SSSR count). The van der Waals surface area contributed by atoms with Gasteiger partial charge in [0, 0.05) is 0 Å². The van der Waals surface area contributed by atoms with E-state index in [1.807, 2.05) is 0 Å². The average Bonchev–Trinajstić information content (AvgIpc) is 2.58. The van der Waals surface area contributed by atoms with Gasteiger partial charge in [0.2, 0.25) is 0 Å². The lowest BCUT2D eigenvalue weighted by Gasteiger charge is -2.42. The molecule has 124 valence electrons. The summed E-state index contributed by atoms with van der Waals surface area (Å²) in [6, 6.07) is 4.05. The summed E-state index contributed by atoms with van der Waals surface area (Å²) in [5, 5.41) is 0. The van der Waals surface area contributed by atoms with Crippen LogP contribution in [-0.4, -0.2) is 17.4 Å². The zero-order valence-corrected chi connectivity index (χ0v) is 17.0. The highest BCUT2D eigenvalue weighted by Crippen LogP contribution is 2.43. The molecule has 0 spiro atoms. The summed E-state index contributed by atoms with van der Waals surface area (Å²) in [4.78, 5) is 0. The van der Waals surface area contributed by atoms with Crippen LogP contribution in [0, 0.1) is 0 Å². The van der Waals surface area contributed by atoms with Crippen LogP contribution in [0.25, 0.3) is 0 Å². The van der Waals surface area contributed by atoms with Gasteiger partial charge in [-0.3, -0.25) is 0 Å². The van der Waals surface area contributed by atoms with Gasteiger partial charge in [-0.1, -0.05) is 85.0 Å². The van der Waals surface area contributed by atoms with Crippen LogP contribution in [0.1, 0.15) is 85.0 Å². The summed E-state index contributed by atoms with van der Waals surface area (Å²) in [5.41, 5.74) is 2.05. The Morgan fingerprint density at radius 3 is 1.43 bits per heavy atom. The van der Waals surface area contributed by atoms with E-state index in [2.05, 4.69) is 20.8 Å². The molecule has 0 aliphatic heterocycles. The van der Waals surface area contributed by atoms with Crippen molar-refractivity contribution in [2.45, 2.75) is 114 Å². The topological polar surface area (TPSA) is 9.23 Å². The molecule has 0 bridgehead atoms. The third-order valence-corrected chi connectivity index (χ3v) is 16.7. The fourth-order valence-electron chi connectivity index (χ4n) is 4.79. The van der Waals surface area contributed by atoms with E-state index in [-0.39, 0.29) is 0 Å². The van der Waals surface area contributed by atoms with Gasteiger partial charge in [0.25, 0.3) is 0 Å². The summed E-state index contributed by atoms with van der Waals surface area (Å²) < 4.78 is 7.24. The predicted octanol–water partition coefficient (Wildman–Crippen LogP) is 6.40. The molecule has 2 saturated carbocycles. The Morgan fingerprint density at radius 1 is 0.714 bits per heavy atom. The number of hydrogen-bond acceptors (Lipinski definition) is 1. The first-order valence-electron chi connectivity index (χ1n) is 9.92. The van der Waals surface area contributed by atoms with Crippen molar-refractivity contribution in [1.29, 1.82) is 0 Å². The van der Waals surface area contributed by atoms with Crippen LogP contribution in [0.5, 0.6) is 0 Å². The second-order valence-electron chi connectivity index (χ2n) is 7.62. The molecule has 0 atom stereocenters. The van der Waals surface area contributed by atoms with Gasteiger partial charge in [-0.05, 0) is 29.2 Å². The van der Waals surface area contributed by atoms with Gasteiger partial charge in [0.05, 0.1) is 0 Å². The van der Waals surface area contributed by atoms with Gasteiger partial charge in [-0.2, -0.15) is 0 Å². The molecule has 0 amide bonds. The summed E-state index contributed by atoms with van der Waals surface area (Å²) in [5.74, 6) is 0. The molecule has 2 fully saturated rings. The van der Waals surface area contributed by atoms with Crippen LogP contribution in [0.15, 0.2) is 0 Å². The van der Waals surface area contributed by atoms with Crippen molar-refractivity contribution >= 4 is 17.4 Å². The minimum Gasteiger partial charge on any atom is -0.457 e. The first-order chi connectivity index (χ1) is 10.2. The fourth-order valence-corrected chi connectivity index (χ4v) is 15.2. The molecule has 0 N–H and O–H groups in total. The smallest absolute Gasteiger partial charge is 0.178 e. The van der Waals surface area contributed by atoms with Gasteiger partial charge >= 0.3 is 0 Å². The van der Waals surface area contributed by atoms with E-state index in [0.717, 1.165) is 11.1 Å². The largest absolute Gasteiger partial charge is 0.457 e. The highest BCUT2D eigenvalue weighted by molar-refractivity contribution is 6.80. The van der Waals surface area contributed by atoms with Gasteiger partial charge in [0.1, 0.15) is 0 Å². The second-order valence-corrected chi connectivity index (χ2v) is 15.9. The molecule has 2 aliphatic rings. The Morgan fingerprint density at radius 2 is 1.10 bits per heavy atom. The molecule has 0 saturated heterocycles. The minimum absolute atomic E-state index is 1.01. The number of hydrogen-bond donors (Lipinski definition) is 0. The molecule has 3 heteroatoms. The minimum atomic E-state index is -1.39. The number of rotatable bonds is 7. The summed E-state index contributed by atoms with van der Waals surface area (Å²) in [6.07, 6.45) is 15.0. The molecule has 1 nitrogen and oxygen atoms in total. The Kier molecular flexibility index (Phi) is 7.50. The molecule has 2 aliphatic carbocycles. The Hall–Kier alpha value is 0.394. The van der Waals surface area contributed by atoms with Gasteiger partial charge < -0.3 is 4.12 Å². The van der Waals surface area contributed by atoms with Crippen molar-refractivity contribution in [3.05, 3.63) is 0 Å². The van der Waals surface area contributed by atoms with Gasteiger partial charge in [0.15, 0.2) is 17.4 Å². The van der Waals surface area contributed by atoms with E-state index < -0.39 is 17.4 Å². The summed E-state index contributed by atoms with van der Waals surface area (Å²) in [6.45, 7) is 7.23. The summed E-state index contributed by atoms with van der Waals surface area (Å²) >= 11 is 0. The third kappa shape index (κ3) is 4.68. The first kappa shape index (κ1) is 17.7. The van der Waals surface area contributed by atoms with E-state index in [0.29, 0.717) is 0 Å². The molecule has 0 unspecified atom stereocenters. The maximum atomic E-state index is 7.24. The molecule has 0 aromatic carbocycles. The quantitative estimate of drug-likeness (QED) is 0.492. The zero-order valence-electron chi connectivity index (χ0n) is 14.8. The summed E-state index contributed by atoms with van der Waals surface area (Å²) in [7, 11) is -2.40. The molecule has 0 radical (unpaired) electrons. The highest BCUT2D eigenvalue weighted by Gasteiger charge is 2.40. The van der Waals surface area contributed by atoms with Crippen LogP contribution < -0.4 is 0 Å². The Bertz CT molecular complexity index is 253. The van der Waals surface area contributed by atoms with E-state index in [1.54, 1.807) is 0 Å². The third-order valence-electron chi connectivity index (χ3n) is 6.55. The van der Waals surface area contributed by atoms with Crippen molar-refractivity contribution in [1.82, 2.24) is 0 Å². The maximum absolute atomic E-state index is 7.24. The van der Waals surface area contributed by atoms with Crippen LogP contribution in [-0.2, 0) is 4.12 Å². The molecule has 21 heavy (non-hydrogen) atoms. The average molecular weight is 327 g/mol. The first-order valence-corrected chi connectivity index (χ1v) is 14.3. The van der Waals surface area contributed by atoms with Gasteiger partial charge in [-0.25, -0.2) is 0 Å².